The lowest BCUT2D eigenvalue weighted by Gasteiger charge is -2.06. The minimum Gasteiger partial charge on any atom is -0.497 e. The maximum atomic E-state index is 12.0. The van der Waals surface area contributed by atoms with Gasteiger partial charge in [0.1, 0.15) is 0 Å². The molecule has 0 fully saturated rings. The average molecular weight is 367 g/mol. The molecule has 1 aromatic carbocycles. The van der Waals surface area contributed by atoms with Gasteiger partial charge in [-0.15, -0.1) is 4.57 Å². The van der Waals surface area contributed by atoms with E-state index in [4.69, 9.17) is 0 Å². The fourth-order valence-electron chi connectivity index (χ4n) is 1.99. The minimum atomic E-state index is -1.03. The highest BCUT2D eigenvalue weighted by molar-refractivity contribution is 9.10. The predicted molar refractivity (Wildman–Crippen MR) is 81.7 cm³/mol. The third-order valence-electron chi connectivity index (χ3n) is 2.96. The standard InChI is InChI=1S/C15H12BrNO5/c1-21-14(19)12(13(18)15(20)22-2)17-8-10(16)7-9-5-3-4-6-11(9)17/h3-8H,1-2H3/p+1. The Balaban J connectivity index is 2.84. The number of halogens is 1. The summed E-state index contributed by atoms with van der Waals surface area (Å²) in [5.74, 6) is -2.73. The van der Waals surface area contributed by atoms with Crippen LogP contribution in [0.1, 0.15) is 0 Å². The first-order chi connectivity index (χ1) is 10.5. The first kappa shape index (κ1) is 16.0. The normalized spacial score (nSPS) is 11.8. The van der Waals surface area contributed by atoms with Crippen LogP contribution in [-0.4, -0.2) is 31.3 Å². The molecule has 0 bridgehead atoms. The van der Waals surface area contributed by atoms with E-state index in [0.717, 1.165) is 19.6 Å². The predicted octanol–water partition coefficient (Wildman–Crippen LogP) is 1.96. The molecular formula is C15H13BrNO5+. The smallest absolute Gasteiger partial charge is 0.408 e. The zero-order valence-corrected chi connectivity index (χ0v) is 13.5. The second-order valence-corrected chi connectivity index (χ2v) is 5.18. The van der Waals surface area contributed by atoms with Gasteiger partial charge in [0, 0.05) is 11.5 Å². The maximum Gasteiger partial charge on any atom is 0.408 e. The van der Waals surface area contributed by atoms with Crippen LogP contribution >= 0.6 is 15.9 Å². The van der Waals surface area contributed by atoms with Crippen molar-refractivity contribution in [2.45, 2.75) is 0 Å². The minimum absolute atomic E-state index is 0.327. The molecule has 0 aliphatic rings. The lowest BCUT2D eigenvalue weighted by molar-refractivity contribution is -0.551. The van der Waals surface area contributed by atoms with Gasteiger partial charge in [0.05, 0.1) is 18.7 Å². The van der Waals surface area contributed by atoms with Gasteiger partial charge >= 0.3 is 17.6 Å². The summed E-state index contributed by atoms with van der Waals surface area (Å²) < 4.78 is 11.2. The Morgan fingerprint density at radius 2 is 1.77 bits per heavy atom. The number of carbonyl (C=O) groups is 2. The topological polar surface area (TPSA) is 76.7 Å². The Labute approximate surface area is 134 Å². The number of aromatic nitrogens is 1. The molecule has 1 N–H and O–H groups in total. The number of aliphatic hydroxyl groups excluding tert-OH is 1. The van der Waals surface area contributed by atoms with Gasteiger partial charge in [0.2, 0.25) is 5.52 Å². The largest absolute Gasteiger partial charge is 0.497 e. The van der Waals surface area contributed by atoms with E-state index < -0.39 is 17.7 Å². The summed E-state index contributed by atoms with van der Waals surface area (Å²) in [7, 11) is 2.27. The molecule has 1 heterocycles. The van der Waals surface area contributed by atoms with Crippen molar-refractivity contribution < 1.29 is 28.7 Å². The van der Waals surface area contributed by atoms with Crippen LogP contribution in [0.15, 0.2) is 46.8 Å². The summed E-state index contributed by atoms with van der Waals surface area (Å²) in [4.78, 5) is 23.7. The van der Waals surface area contributed by atoms with E-state index in [-0.39, 0.29) is 5.70 Å². The number of aliphatic hydroxyl groups is 1. The van der Waals surface area contributed by atoms with Gasteiger partial charge in [-0.1, -0.05) is 12.1 Å². The lowest BCUT2D eigenvalue weighted by atomic mass is 10.2. The van der Waals surface area contributed by atoms with Crippen LogP contribution in [0.4, 0.5) is 0 Å². The van der Waals surface area contributed by atoms with Gasteiger partial charge in [-0.2, -0.15) is 0 Å². The van der Waals surface area contributed by atoms with Crippen LogP contribution in [0.2, 0.25) is 0 Å². The summed E-state index contributed by atoms with van der Waals surface area (Å²) in [5.41, 5.74) is 0.286. The number of carbonyl (C=O) groups excluding carboxylic acids is 2. The molecule has 7 heteroatoms. The van der Waals surface area contributed by atoms with Gasteiger partial charge in [0.25, 0.3) is 5.76 Å². The Bertz CT molecular complexity index is 785. The molecule has 0 unspecified atom stereocenters. The van der Waals surface area contributed by atoms with E-state index in [0.29, 0.717) is 9.99 Å². The second-order valence-electron chi connectivity index (χ2n) is 4.27. The van der Waals surface area contributed by atoms with E-state index in [9.17, 15) is 14.7 Å². The van der Waals surface area contributed by atoms with Gasteiger partial charge in [-0.05, 0) is 28.1 Å². The van der Waals surface area contributed by atoms with Crippen LogP contribution in [0.5, 0.6) is 0 Å². The monoisotopic (exact) mass is 366 g/mol. The molecule has 2 aromatic rings. The Morgan fingerprint density at radius 1 is 1.14 bits per heavy atom. The molecule has 0 atom stereocenters. The van der Waals surface area contributed by atoms with E-state index in [1.807, 2.05) is 18.2 Å². The number of hydrogen-bond acceptors (Lipinski definition) is 5. The molecule has 0 aliphatic heterocycles. The highest BCUT2D eigenvalue weighted by Gasteiger charge is 2.33. The number of pyridine rings is 1. The van der Waals surface area contributed by atoms with Crippen molar-refractivity contribution in [1.29, 1.82) is 0 Å². The SMILES string of the molecule is COC(=O)/C(O)=C(\C(=O)OC)[n+]1cc(Br)cc2ccccc21. The number of nitrogens with zero attached hydrogens (tertiary/aromatic N) is 1. The van der Waals surface area contributed by atoms with Crippen molar-refractivity contribution in [3.63, 3.8) is 0 Å². The summed E-state index contributed by atoms with van der Waals surface area (Å²) in [6.07, 6.45) is 1.55. The van der Waals surface area contributed by atoms with Crippen LogP contribution < -0.4 is 4.57 Å². The fourth-order valence-corrected chi connectivity index (χ4v) is 2.44. The first-order valence-electron chi connectivity index (χ1n) is 6.19. The fraction of sp³-hybridized carbons (Fsp3) is 0.133. The second kappa shape index (κ2) is 6.57. The Kier molecular flexibility index (Phi) is 4.77. The van der Waals surface area contributed by atoms with E-state index in [1.54, 1.807) is 18.3 Å². The van der Waals surface area contributed by atoms with Crippen molar-refractivity contribution in [2.24, 2.45) is 0 Å². The van der Waals surface area contributed by atoms with Crippen molar-refractivity contribution in [1.82, 2.24) is 0 Å². The van der Waals surface area contributed by atoms with Gasteiger partial charge in [-0.25, -0.2) is 9.59 Å². The molecule has 22 heavy (non-hydrogen) atoms. The number of esters is 2. The summed E-state index contributed by atoms with van der Waals surface area (Å²) >= 11 is 3.33. The molecular weight excluding hydrogens is 354 g/mol. The van der Waals surface area contributed by atoms with Crippen LogP contribution in [0, 0.1) is 0 Å². The number of ether oxygens (including phenoxy) is 2. The van der Waals surface area contributed by atoms with E-state index in [2.05, 4.69) is 25.4 Å². The number of hydrogen-bond donors (Lipinski definition) is 1. The van der Waals surface area contributed by atoms with Crippen LogP contribution in [-0.2, 0) is 19.1 Å². The number of para-hydroxylation sites is 1. The van der Waals surface area contributed by atoms with Crippen molar-refractivity contribution in [2.75, 3.05) is 14.2 Å². The molecule has 0 aliphatic carbocycles. The number of rotatable bonds is 3. The van der Waals surface area contributed by atoms with Crippen molar-refractivity contribution in [3.05, 3.63) is 46.8 Å². The lowest BCUT2D eigenvalue weighted by Crippen LogP contribution is -2.40. The highest BCUT2D eigenvalue weighted by atomic mass is 79.9. The molecule has 0 spiro atoms. The summed E-state index contributed by atoms with van der Waals surface area (Å²) in [6.45, 7) is 0. The van der Waals surface area contributed by atoms with E-state index in [1.165, 1.54) is 4.57 Å². The average Bonchev–Trinajstić information content (AvgIpc) is 2.53. The Hall–Kier alpha value is -2.41. The highest BCUT2D eigenvalue weighted by Crippen LogP contribution is 2.18. The number of benzene rings is 1. The molecule has 0 radical (unpaired) electrons. The van der Waals surface area contributed by atoms with Crippen LogP contribution in [0.25, 0.3) is 16.6 Å². The molecule has 6 nitrogen and oxygen atoms in total. The van der Waals surface area contributed by atoms with Crippen LogP contribution in [0.3, 0.4) is 0 Å². The van der Waals surface area contributed by atoms with Gasteiger partial charge in [-0.3, -0.25) is 0 Å². The zero-order chi connectivity index (χ0) is 16.3. The number of fused-ring (bicyclic) bond motifs is 1. The molecule has 0 saturated heterocycles. The third kappa shape index (κ3) is 2.94. The quantitative estimate of drug-likeness (QED) is 0.389. The summed E-state index contributed by atoms with van der Waals surface area (Å²) in [5, 5.41) is 10.9. The molecule has 0 amide bonds. The summed E-state index contributed by atoms with van der Waals surface area (Å²) in [6, 6.07) is 9.03. The maximum absolute atomic E-state index is 12.0. The molecule has 2 rings (SSSR count). The number of methoxy groups -OCH3 is 2. The third-order valence-corrected chi connectivity index (χ3v) is 3.40. The Morgan fingerprint density at radius 3 is 2.41 bits per heavy atom. The van der Waals surface area contributed by atoms with E-state index >= 15 is 0 Å². The zero-order valence-electron chi connectivity index (χ0n) is 11.9. The van der Waals surface area contributed by atoms with Crippen molar-refractivity contribution >= 4 is 44.5 Å². The van der Waals surface area contributed by atoms with Crippen molar-refractivity contribution in [3.8, 4) is 0 Å². The first-order valence-corrected chi connectivity index (χ1v) is 6.99. The van der Waals surface area contributed by atoms with Gasteiger partial charge < -0.3 is 14.6 Å². The molecule has 1 aromatic heterocycles. The molecule has 114 valence electrons. The van der Waals surface area contributed by atoms with Gasteiger partial charge in [0.15, 0.2) is 6.20 Å². The molecule has 0 saturated carbocycles.